The largest absolute Gasteiger partial charge is 0.445 e. The van der Waals surface area contributed by atoms with Crippen LogP contribution in [0.2, 0.25) is 0 Å². The average Bonchev–Trinajstić information content (AvgIpc) is 3.12. The average molecular weight is 427 g/mol. The Labute approximate surface area is 176 Å². The molecule has 1 amide bonds. The first kappa shape index (κ1) is 21.4. The predicted octanol–water partition coefficient (Wildman–Crippen LogP) is 2.68. The van der Waals surface area contributed by atoms with E-state index in [1.165, 1.54) is 57.2 Å². The zero-order valence-electron chi connectivity index (χ0n) is 16.7. The Morgan fingerprint density at radius 3 is 2.13 bits per heavy atom. The minimum absolute atomic E-state index is 0.0519. The lowest BCUT2D eigenvalue weighted by atomic mass is 10.1. The smallest absolute Gasteiger partial charge is 0.308 e. The summed E-state index contributed by atoms with van der Waals surface area (Å²) >= 11 is 0. The van der Waals surface area contributed by atoms with Crippen LogP contribution < -0.4 is 9.47 Å². The molecule has 0 spiro atoms. The van der Waals surface area contributed by atoms with E-state index in [0.717, 1.165) is 5.01 Å². The van der Waals surface area contributed by atoms with Crippen LogP contribution >= 0.6 is 0 Å². The molecule has 1 unspecified atom stereocenters. The number of hydrogen-bond acceptors (Lipinski definition) is 9. The normalized spacial score (nSPS) is 15.0. The molecule has 2 aromatic carbocycles. The van der Waals surface area contributed by atoms with Gasteiger partial charge >= 0.3 is 11.9 Å². The zero-order chi connectivity index (χ0) is 22.7. The van der Waals surface area contributed by atoms with Crippen molar-refractivity contribution in [1.29, 1.82) is 0 Å². The second kappa shape index (κ2) is 8.61. The molecule has 0 bridgehead atoms. The third kappa shape index (κ3) is 4.83. The lowest BCUT2D eigenvalue weighted by Crippen LogP contribution is -2.25. The fourth-order valence-corrected chi connectivity index (χ4v) is 2.89. The van der Waals surface area contributed by atoms with Crippen molar-refractivity contribution < 1.29 is 33.5 Å². The van der Waals surface area contributed by atoms with E-state index in [0.29, 0.717) is 0 Å². The van der Waals surface area contributed by atoms with E-state index in [1.807, 2.05) is 0 Å². The minimum Gasteiger partial charge on any atom is -0.445 e. The van der Waals surface area contributed by atoms with Crippen LogP contribution in [-0.4, -0.2) is 33.7 Å². The maximum absolute atomic E-state index is 12.1. The number of hydrazone groups is 1. The number of nitro groups is 1. The summed E-state index contributed by atoms with van der Waals surface area (Å²) < 4.78 is 15.9. The number of amides is 1. The van der Waals surface area contributed by atoms with Crippen molar-refractivity contribution in [3.63, 3.8) is 0 Å². The first-order valence-electron chi connectivity index (χ1n) is 8.96. The summed E-state index contributed by atoms with van der Waals surface area (Å²) in [6.07, 6.45) is -1.19. The van der Waals surface area contributed by atoms with E-state index in [9.17, 15) is 24.5 Å². The number of carbonyl (C=O) groups is 3. The standard InChI is InChI=1S/C20H17N3O8/c1-11(24)22-20(17-6-4-5-7-18(17)23(27)28)31-19(21-22)14-8-15(29-12(2)25)10-16(9-14)30-13(3)26/h4-10,20H,1-3H3. The number of nitro benzene ring substituents is 1. The van der Waals surface area contributed by atoms with Crippen LogP contribution in [0.4, 0.5) is 5.69 Å². The van der Waals surface area contributed by atoms with Crippen molar-refractivity contribution in [2.45, 2.75) is 27.0 Å². The molecule has 0 aliphatic carbocycles. The Morgan fingerprint density at radius 2 is 1.61 bits per heavy atom. The molecule has 1 aliphatic heterocycles. The summed E-state index contributed by atoms with van der Waals surface area (Å²) in [4.78, 5) is 45.7. The molecule has 0 fully saturated rings. The molecule has 11 nitrogen and oxygen atoms in total. The number of esters is 2. The molecule has 1 atom stereocenters. The number of ether oxygens (including phenoxy) is 3. The van der Waals surface area contributed by atoms with Crippen molar-refractivity contribution in [3.8, 4) is 11.5 Å². The highest BCUT2D eigenvalue weighted by Crippen LogP contribution is 2.36. The summed E-state index contributed by atoms with van der Waals surface area (Å²) in [5.41, 5.74) is 0.101. The minimum atomic E-state index is -1.19. The molecule has 0 saturated carbocycles. The molecule has 3 rings (SSSR count). The molecule has 0 N–H and O–H groups in total. The molecule has 0 saturated heterocycles. The highest BCUT2D eigenvalue weighted by Gasteiger charge is 2.37. The van der Waals surface area contributed by atoms with Crippen molar-refractivity contribution >= 4 is 29.4 Å². The van der Waals surface area contributed by atoms with Gasteiger partial charge in [0.15, 0.2) is 0 Å². The van der Waals surface area contributed by atoms with Gasteiger partial charge in [-0.15, -0.1) is 5.10 Å². The van der Waals surface area contributed by atoms with Crippen molar-refractivity contribution in [3.05, 3.63) is 63.7 Å². The summed E-state index contributed by atoms with van der Waals surface area (Å²) in [6.45, 7) is 3.63. The van der Waals surface area contributed by atoms with Gasteiger partial charge < -0.3 is 14.2 Å². The fourth-order valence-electron chi connectivity index (χ4n) is 2.89. The first-order valence-corrected chi connectivity index (χ1v) is 8.96. The van der Waals surface area contributed by atoms with Gasteiger partial charge in [-0.2, -0.15) is 5.01 Å². The Morgan fingerprint density at radius 1 is 1.03 bits per heavy atom. The van der Waals surface area contributed by atoms with E-state index >= 15 is 0 Å². The number of rotatable bonds is 5. The molecule has 0 radical (unpaired) electrons. The van der Waals surface area contributed by atoms with Gasteiger partial charge in [0.25, 0.3) is 5.69 Å². The molecule has 31 heavy (non-hydrogen) atoms. The maximum Gasteiger partial charge on any atom is 0.308 e. The molecule has 1 aliphatic rings. The van der Waals surface area contributed by atoms with Gasteiger partial charge in [0.1, 0.15) is 11.5 Å². The van der Waals surface area contributed by atoms with Crippen LogP contribution in [0, 0.1) is 10.1 Å². The number of benzene rings is 2. The SMILES string of the molecule is CC(=O)Oc1cc(OC(C)=O)cc(C2=NN(C(C)=O)C(c3ccccc3[N+](=O)[O-])O2)c1. The monoisotopic (exact) mass is 427 g/mol. The summed E-state index contributed by atoms with van der Waals surface area (Å²) in [6, 6.07) is 9.92. The third-order valence-corrected chi connectivity index (χ3v) is 4.02. The quantitative estimate of drug-likeness (QED) is 0.307. The molecule has 2 aromatic rings. The summed E-state index contributed by atoms with van der Waals surface area (Å²) in [5.74, 6) is -1.71. The number of hydrogen-bond donors (Lipinski definition) is 0. The molecule has 1 heterocycles. The van der Waals surface area contributed by atoms with E-state index < -0.39 is 29.0 Å². The zero-order valence-corrected chi connectivity index (χ0v) is 16.7. The summed E-state index contributed by atoms with van der Waals surface area (Å²) in [5, 5.41) is 16.5. The molecular formula is C20H17N3O8. The molecule has 0 aromatic heterocycles. The van der Waals surface area contributed by atoms with Crippen LogP contribution in [-0.2, 0) is 19.1 Å². The molecular weight excluding hydrogens is 410 g/mol. The number of para-hydroxylation sites is 1. The summed E-state index contributed by atoms with van der Waals surface area (Å²) in [7, 11) is 0. The lowest BCUT2D eigenvalue weighted by molar-refractivity contribution is -0.386. The highest BCUT2D eigenvalue weighted by atomic mass is 16.6. The van der Waals surface area contributed by atoms with E-state index in [-0.39, 0.29) is 34.2 Å². The first-order chi connectivity index (χ1) is 14.7. The van der Waals surface area contributed by atoms with Gasteiger partial charge in [-0.1, -0.05) is 12.1 Å². The Hall–Kier alpha value is -4.28. The Kier molecular flexibility index (Phi) is 5.95. The molecule has 11 heteroatoms. The predicted molar refractivity (Wildman–Crippen MR) is 105 cm³/mol. The second-order valence-corrected chi connectivity index (χ2v) is 6.44. The topological polar surface area (TPSA) is 138 Å². The molecule has 160 valence electrons. The Bertz CT molecular complexity index is 1080. The van der Waals surface area contributed by atoms with Gasteiger partial charge in [-0.3, -0.25) is 24.5 Å². The van der Waals surface area contributed by atoms with Crippen LogP contribution in [0.1, 0.15) is 38.1 Å². The van der Waals surface area contributed by atoms with Gasteiger partial charge in [0.2, 0.25) is 18.0 Å². The van der Waals surface area contributed by atoms with Crippen molar-refractivity contribution in [2.75, 3.05) is 0 Å². The van der Waals surface area contributed by atoms with Crippen LogP contribution in [0.25, 0.3) is 0 Å². The van der Waals surface area contributed by atoms with Crippen molar-refractivity contribution in [2.24, 2.45) is 5.10 Å². The van der Waals surface area contributed by atoms with Gasteiger partial charge in [-0.05, 0) is 18.2 Å². The van der Waals surface area contributed by atoms with E-state index in [2.05, 4.69) is 5.10 Å². The van der Waals surface area contributed by atoms with Crippen molar-refractivity contribution in [1.82, 2.24) is 5.01 Å². The van der Waals surface area contributed by atoms with E-state index in [1.54, 1.807) is 6.07 Å². The van der Waals surface area contributed by atoms with Crippen LogP contribution in [0.3, 0.4) is 0 Å². The highest BCUT2D eigenvalue weighted by molar-refractivity contribution is 5.97. The van der Waals surface area contributed by atoms with Crippen LogP contribution in [0.15, 0.2) is 47.6 Å². The van der Waals surface area contributed by atoms with Gasteiger partial charge in [-0.25, -0.2) is 0 Å². The van der Waals surface area contributed by atoms with E-state index in [4.69, 9.17) is 14.2 Å². The number of nitrogens with zero attached hydrogens (tertiary/aromatic N) is 3. The Balaban J connectivity index is 2.04. The number of carbonyl (C=O) groups excluding carboxylic acids is 3. The maximum atomic E-state index is 12.1. The lowest BCUT2D eigenvalue weighted by Gasteiger charge is -2.19. The third-order valence-electron chi connectivity index (χ3n) is 4.02. The van der Waals surface area contributed by atoms with Crippen LogP contribution in [0.5, 0.6) is 11.5 Å². The fraction of sp³-hybridized carbons (Fsp3) is 0.200. The second-order valence-electron chi connectivity index (χ2n) is 6.44. The van der Waals surface area contributed by atoms with Gasteiger partial charge in [0, 0.05) is 38.5 Å². The van der Waals surface area contributed by atoms with Gasteiger partial charge in [0.05, 0.1) is 10.5 Å².